The predicted octanol–water partition coefficient (Wildman–Crippen LogP) is 3.75. The van der Waals surface area contributed by atoms with Gasteiger partial charge in [-0.1, -0.05) is 0 Å². The van der Waals surface area contributed by atoms with Crippen LogP contribution in [0.1, 0.15) is 21.3 Å². The SMILES string of the molecule is Cc1nc(C)c(-c2cn3c(C)c(C)sc3n2)s1. The number of imidazole rings is 1. The number of aromatic nitrogens is 3. The van der Waals surface area contributed by atoms with E-state index in [1.54, 1.807) is 22.7 Å². The van der Waals surface area contributed by atoms with Gasteiger partial charge in [-0.15, -0.1) is 22.7 Å². The number of rotatable bonds is 1. The summed E-state index contributed by atoms with van der Waals surface area (Å²) >= 11 is 3.46. The van der Waals surface area contributed by atoms with Crippen molar-refractivity contribution in [3.63, 3.8) is 0 Å². The lowest BCUT2D eigenvalue weighted by Crippen LogP contribution is -1.81. The van der Waals surface area contributed by atoms with Crippen LogP contribution in [0, 0.1) is 27.7 Å². The second-order valence-electron chi connectivity index (χ2n) is 4.17. The topological polar surface area (TPSA) is 30.2 Å². The van der Waals surface area contributed by atoms with Crippen molar-refractivity contribution in [1.29, 1.82) is 0 Å². The molecular weight excluding hydrogens is 250 g/mol. The zero-order valence-electron chi connectivity index (χ0n) is 10.2. The quantitative estimate of drug-likeness (QED) is 0.669. The molecule has 0 atom stereocenters. The molecule has 3 heterocycles. The van der Waals surface area contributed by atoms with E-state index in [0.29, 0.717) is 0 Å². The number of nitrogens with zero attached hydrogens (tertiary/aromatic N) is 3. The van der Waals surface area contributed by atoms with Gasteiger partial charge in [0.1, 0.15) is 5.69 Å². The molecule has 0 spiro atoms. The Balaban J connectivity index is 2.22. The van der Waals surface area contributed by atoms with Gasteiger partial charge in [0.25, 0.3) is 0 Å². The van der Waals surface area contributed by atoms with Gasteiger partial charge in [0.2, 0.25) is 0 Å². The molecule has 0 saturated heterocycles. The van der Waals surface area contributed by atoms with Crippen molar-refractivity contribution in [2.45, 2.75) is 27.7 Å². The molecule has 3 aromatic rings. The second-order valence-corrected chi connectivity index (χ2v) is 6.55. The first-order chi connectivity index (χ1) is 8.06. The lowest BCUT2D eigenvalue weighted by atomic mass is 10.3. The van der Waals surface area contributed by atoms with E-state index in [0.717, 1.165) is 21.4 Å². The average Bonchev–Trinajstić information content (AvgIpc) is 2.86. The van der Waals surface area contributed by atoms with Gasteiger partial charge in [0, 0.05) is 16.8 Å². The third-order valence-electron chi connectivity index (χ3n) is 2.92. The van der Waals surface area contributed by atoms with Crippen molar-refractivity contribution in [2.75, 3.05) is 0 Å². The highest BCUT2D eigenvalue weighted by atomic mass is 32.1. The molecule has 0 saturated carbocycles. The highest BCUT2D eigenvalue weighted by molar-refractivity contribution is 7.17. The molecule has 0 aliphatic rings. The molecule has 17 heavy (non-hydrogen) atoms. The highest BCUT2D eigenvalue weighted by Crippen LogP contribution is 2.31. The van der Waals surface area contributed by atoms with Crippen LogP contribution >= 0.6 is 22.7 Å². The molecule has 3 rings (SSSR count). The van der Waals surface area contributed by atoms with E-state index in [2.05, 4.69) is 29.4 Å². The summed E-state index contributed by atoms with van der Waals surface area (Å²) in [6.07, 6.45) is 2.12. The van der Waals surface area contributed by atoms with E-state index in [1.807, 2.05) is 13.8 Å². The Bertz CT molecular complexity index is 703. The lowest BCUT2D eigenvalue weighted by Gasteiger charge is -1.92. The lowest BCUT2D eigenvalue weighted by molar-refractivity contribution is 1.11. The molecular formula is C12H13N3S2. The summed E-state index contributed by atoms with van der Waals surface area (Å²) in [5, 5.41) is 1.10. The van der Waals surface area contributed by atoms with Crippen molar-refractivity contribution in [1.82, 2.24) is 14.4 Å². The summed E-state index contributed by atoms with van der Waals surface area (Å²) in [5.74, 6) is 0. The first kappa shape index (κ1) is 10.9. The minimum Gasteiger partial charge on any atom is -0.294 e. The van der Waals surface area contributed by atoms with Crippen LogP contribution in [0.5, 0.6) is 0 Å². The van der Waals surface area contributed by atoms with Gasteiger partial charge >= 0.3 is 0 Å². The molecule has 3 nitrogen and oxygen atoms in total. The summed E-state index contributed by atoms with van der Waals surface area (Å²) < 4.78 is 2.17. The standard InChI is InChI=1S/C12H13N3S2/c1-6-11(17-9(4)13-6)10-5-15-7(2)8(3)16-12(15)14-10/h5H,1-4H3. The molecule has 88 valence electrons. The van der Waals surface area contributed by atoms with Crippen LogP contribution < -0.4 is 0 Å². The maximum Gasteiger partial charge on any atom is 0.194 e. The Morgan fingerprint density at radius 1 is 1.06 bits per heavy atom. The van der Waals surface area contributed by atoms with Gasteiger partial charge < -0.3 is 0 Å². The molecule has 0 unspecified atom stereocenters. The fourth-order valence-corrected chi connectivity index (χ4v) is 3.76. The van der Waals surface area contributed by atoms with Gasteiger partial charge in [-0.25, -0.2) is 9.97 Å². The molecule has 0 aliphatic carbocycles. The van der Waals surface area contributed by atoms with Gasteiger partial charge in [-0.05, 0) is 27.7 Å². The van der Waals surface area contributed by atoms with Gasteiger partial charge in [-0.2, -0.15) is 0 Å². The normalized spacial score (nSPS) is 11.5. The van der Waals surface area contributed by atoms with Crippen LogP contribution in [-0.4, -0.2) is 14.4 Å². The van der Waals surface area contributed by atoms with E-state index in [9.17, 15) is 0 Å². The number of aryl methyl sites for hydroxylation is 4. The van der Waals surface area contributed by atoms with Gasteiger partial charge in [0.15, 0.2) is 4.96 Å². The molecule has 0 N–H and O–H groups in total. The molecule has 0 radical (unpaired) electrons. The minimum atomic E-state index is 1.04. The Kier molecular flexibility index (Phi) is 2.34. The van der Waals surface area contributed by atoms with Crippen LogP contribution in [0.2, 0.25) is 0 Å². The molecule has 0 bridgehead atoms. The Hall–Kier alpha value is -1.20. The maximum absolute atomic E-state index is 4.69. The summed E-state index contributed by atoms with van der Waals surface area (Å²) in [7, 11) is 0. The van der Waals surface area contributed by atoms with E-state index < -0.39 is 0 Å². The van der Waals surface area contributed by atoms with E-state index in [-0.39, 0.29) is 0 Å². The van der Waals surface area contributed by atoms with Crippen LogP contribution in [0.3, 0.4) is 0 Å². The van der Waals surface area contributed by atoms with Crippen molar-refractivity contribution in [3.05, 3.63) is 27.5 Å². The number of thiazole rings is 2. The van der Waals surface area contributed by atoms with Crippen LogP contribution in [0.15, 0.2) is 6.20 Å². The maximum atomic E-state index is 4.69. The number of hydrogen-bond donors (Lipinski definition) is 0. The summed E-state index contributed by atoms with van der Waals surface area (Å²) in [6, 6.07) is 0. The molecule has 0 fully saturated rings. The monoisotopic (exact) mass is 263 g/mol. The third-order valence-corrected chi connectivity index (χ3v) is 5.09. The van der Waals surface area contributed by atoms with Crippen LogP contribution in [0.25, 0.3) is 15.5 Å². The summed E-state index contributed by atoms with van der Waals surface area (Å²) in [5.41, 5.74) is 3.40. The van der Waals surface area contributed by atoms with Crippen molar-refractivity contribution in [3.8, 4) is 10.6 Å². The summed E-state index contributed by atoms with van der Waals surface area (Å²) in [4.78, 5) is 12.7. The summed E-state index contributed by atoms with van der Waals surface area (Å²) in [6.45, 7) is 8.35. The number of fused-ring (bicyclic) bond motifs is 1. The number of hydrogen-bond acceptors (Lipinski definition) is 4. The van der Waals surface area contributed by atoms with Gasteiger partial charge in [0.05, 0.1) is 15.6 Å². The Morgan fingerprint density at radius 3 is 2.41 bits per heavy atom. The van der Waals surface area contributed by atoms with Crippen molar-refractivity contribution >= 4 is 27.6 Å². The van der Waals surface area contributed by atoms with Crippen LogP contribution in [0.4, 0.5) is 0 Å². The Labute approximate surface area is 108 Å². The minimum absolute atomic E-state index is 1.04. The highest BCUT2D eigenvalue weighted by Gasteiger charge is 2.14. The Morgan fingerprint density at radius 2 is 1.82 bits per heavy atom. The fraction of sp³-hybridized carbons (Fsp3) is 0.333. The molecule has 0 amide bonds. The van der Waals surface area contributed by atoms with Crippen LogP contribution in [-0.2, 0) is 0 Å². The predicted molar refractivity (Wildman–Crippen MR) is 73.1 cm³/mol. The zero-order chi connectivity index (χ0) is 12.2. The zero-order valence-corrected chi connectivity index (χ0v) is 11.9. The second kappa shape index (κ2) is 3.65. The van der Waals surface area contributed by atoms with Gasteiger partial charge in [-0.3, -0.25) is 4.40 Å². The first-order valence-corrected chi connectivity index (χ1v) is 7.09. The fourth-order valence-electron chi connectivity index (χ4n) is 1.93. The molecule has 0 aromatic carbocycles. The largest absolute Gasteiger partial charge is 0.294 e. The molecule has 0 aliphatic heterocycles. The van der Waals surface area contributed by atoms with E-state index >= 15 is 0 Å². The van der Waals surface area contributed by atoms with Crippen molar-refractivity contribution < 1.29 is 0 Å². The smallest absolute Gasteiger partial charge is 0.194 e. The van der Waals surface area contributed by atoms with E-state index in [1.165, 1.54) is 15.4 Å². The van der Waals surface area contributed by atoms with Crippen molar-refractivity contribution in [2.24, 2.45) is 0 Å². The molecule has 3 aromatic heterocycles. The molecule has 5 heteroatoms. The first-order valence-electron chi connectivity index (χ1n) is 5.46. The van der Waals surface area contributed by atoms with E-state index in [4.69, 9.17) is 4.98 Å². The third kappa shape index (κ3) is 1.61. The average molecular weight is 263 g/mol.